The Labute approximate surface area is 169 Å². The lowest BCUT2D eigenvalue weighted by Crippen LogP contribution is -2.41. The van der Waals surface area contributed by atoms with Crippen LogP contribution in [0.25, 0.3) is 11.1 Å². The van der Waals surface area contributed by atoms with Crippen LogP contribution in [0, 0.1) is 6.08 Å². The molecule has 0 radical (unpaired) electrons. The average Bonchev–Trinajstić information content (AvgIpc) is 2.99. The largest absolute Gasteiger partial charge is 0.507 e. The molecule has 3 N–H and O–H groups in total. The Balaban J connectivity index is 1.96. The molecule has 1 aliphatic rings. The van der Waals surface area contributed by atoms with Crippen molar-refractivity contribution >= 4 is 11.9 Å². The number of alkyl halides is 1. The van der Waals surface area contributed by atoms with Gasteiger partial charge in [0.25, 0.3) is 5.91 Å². The number of rotatable bonds is 4. The Bertz CT molecular complexity index is 1170. The molecule has 10 heteroatoms. The number of amides is 1. The number of likely N-dealkylation sites (N-methyl/N-ethyl adjacent to an activating group) is 1. The number of nitrogens with zero attached hydrogens (tertiary/aromatic N) is 5. The van der Waals surface area contributed by atoms with E-state index in [9.17, 15) is 18.7 Å². The zero-order valence-corrected chi connectivity index (χ0v) is 15.8. The van der Waals surface area contributed by atoms with Crippen LogP contribution in [0.5, 0.6) is 5.75 Å². The predicted molar refractivity (Wildman–Crippen MR) is 103 cm³/mol. The maximum Gasteiger partial charge on any atom is 0.308 e. The summed E-state index contributed by atoms with van der Waals surface area (Å²) in [5.41, 5.74) is 5.48. The molecule has 0 bridgehead atoms. The van der Waals surface area contributed by atoms with Crippen molar-refractivity contribution in [1.29, 1.82) is 0 Å². The van der Waals surface area contributed by atoms with Crippen LogP contribution in [-0.4, -0.2) is 43.9 Å². The fourth-order valence-electron chi connectivity index (χ4n) is 3.34. The third kappa shape index (κ3) is 2.93. The number of benzene rings is 1. The number of aliphatic imine (C=N–C) groups is 1. The number of aromatic nitrogens is 3. The Hall–Kier alpha value is -3.95. The first-order chi connectivity index (χ1) is 14.4. The van der Waals surface area contributed by atoms with Gasteiger partial charge in [-0.25, -0.2) is 19.4 Å². The molecule has 0 saturated heterocycles. The lowest BCUT2D eigenvalue weighted by atomic mass is 9.84. The number of guanidine groups is 1. The zero-order valence-electron chi connectivity index (χ0n) is 15.8. The molecule has 1 atom stereocenters. The van der Waals surface area contributed by atoms with Crippen molar-refractivity contribution in [3.8, 4) is 16.9 Å². The number of pyridine rings is 1. The molecule has 0 spiro atoms. The molecule has 30 heavy (non-hydrogen) atoms. The fourth-order valence-corrected chi connectivity index (χ4v) is 3.34. The van der Waals surface area contributed by atoms with E-state index in [0.29, 0.717) is 11.1 Å². The summed E-state index contributed by atoms with van der Waals surface area (Å²) >= 11 is 0. The van der Waals surface area contributed by atoms with Crippen molar-refractivity contribution in [3.05, 3.63) is 71.8 Å². The number of halogens is 2. The molecule has 1 aromatic carbocycles. The quantitative estimate of drug-likeness (QED) is 0.634. The minimum atomic E-state index is -1.67. The number of phenolic OH excluding ortho intramolecular Hbond substituents is 1. The summed E-state index contributed by atoms with van der Waals surface area (Å²) in [7, 11) is 1.47. The fraction of sp³-hybridized carbons (Fsp3) is 0.150. The van der Waals surface area contributed by atoms with Gasteiger partial charge in [0.1, 0.15) is 12.4 Å². The van der Waals surface area contributed by atoms with Gasteiger partial charge in [-0.05, 0) is 29.8 Å². The molecule has 0 fully saturated rings. The summed E-state index contributed by atoms with van der Waals surface area (Å²) in [5.74, 6) is -0.659. The van der Waals surface area contributed by atoms with Crippen molar-refractivity contribution in [3.63, 3.8) is 0 Å². The highest BCUT2D eigenvalue weighted by atomic mass is 19.1. The Morgan fingerprint density at radius 2 is 1.93 bits per heavy atom. The van der Waals surface area contributed by atoms with Crippen LogP contribution in [0.1, 0.15) is 17.0 Å². The number of phenols is 1. The third-order valence-corrected chi connectivity index (χ3v) is 4.90. The first kappa shape index (κ1) is 19.4. The zero-order chi connectivity index (χ0) is 21.5. The van der Waals surface area contributed by atoms with Gasteiger partial charge in [0.15, 0.2) is 5.96 Å². The van der Waals surface area contributed by atoms with Crippen LogP contribution in [-0.2, 0) is 17.0 Å². The number of nitrogens with two attached hydrogens (primary N) is 1. The standard InChI is InChI=1S/C20H16F2N6O2/c1-28-17(30)20(27-19(28)23,16-4-2-3-13(8-21)26-16)12-5-6-15(29)14(7-12)11-9-24-18(22)25-10-11/h2-7,9-10,29H,8H2,1H3,(H2,23,27). The molecular weight excluding hydrogens is 394 g/mol. The number of carbonyl (C=O) groups is 1. The number of hydrogen-bond acceptors (Lipinski definition) is 7. The second-order valence-corrected chi connectivity index (χ2v) is 6.67. The first-order valence-electron chi connectivity index (χ1n) is 8.84. The van der Waals surface area contributed by atoms with E-state index in [4.69, 9.17) is 5.73 Å². The van der Waals surface area contributed by atoms with Gasteiger partial charge in [-0.15, -0.1) is 0 Å². The van der Waals surface area contributed by atoms with E-state index in [1.165, 1.54) is 48.6 Å². The van der Waals surface area contributed by atoms with E-state index in [1.54, 1.807) is 12.1 Å². The van der Waals surface area contributed by atoms with Gasteiger partial charge < -0.3 is 10.8 Å². The molecule has 0 saturated carbocycles. The van der Waals surface area contributed by atoms with Gasteiger partial charge in [0.05, 0.1) is 11.4 Å². The highest BCUT2D eigenvalue weighted by molar-refractivity contribution is 6.08. The van der Waals surface area contributed by atoms with Crippen LogP contribution in [0.3, 0.4) is 0 Å². The highest BCUT2D eigenvalue weighted by Gasteiger charge is 2.51. The Morgan fingerprint density at radius 1 is 1.20 bits per heavy atom. The predicted octanol–water partition coefficient (Wildman–Crippen LogP) is 1.88. The SMILES string of the molecule is CN1C(=O)C(c2ccc(O)c(-c3cnc(F)nc3)c2)(c2cccc(CF)n2)N=C1N. The van der Waals surface area contributed by atoms with E-state index in [2.05, 4.69) is 19.9 Å². The van der Waals surface area contributed by atoms with E-state index < -0.39 is 24.2 Å². The molecule has 0 aliphatic carbocycles. The van der Waals surface area contributed by atoms with E-state index in [1.807, 2.05) is 0 Å². The van der Waals surface area contributed by atoms with Crippen LogP contribution in [0.2, 0.25) is 0 Å². The Kier molecular flexibility index (Phi) is 4.61. The Morgan fingerprint density at radius 3 is 2.57 bits per heavy atom. The van der Waals surface area contributed by atoms with Crippen molar-refractivity contribution in [2.45, 2.75) is 12.2 Å². The number of hydrogen-bond donors (Lipinski definition) is 2. The lowest BCUT2D eigenvalue weighted by Gasteiger charge is -2.26. The van der Waals surface area contributed by atoms with Crippen LogP contribution >= 0.6 is 0 Å². The molecule has 8 nitrogen and oxygen atoms in total. The van der Waals surface area contributed by atoms with Gasteiger partial charge in [0, 0.05) is 30.6 Å². The molecule has 1 amide bonds. The third-order valence-electron chi connectivity index (χ3n) is 4.90. The number of carbonyl (C=O) groups excluding carboxylic acids is 1. The monoisotopic (exact) mass is 410 g/mol. The summed E-state index contributed by atoms with van der Waals surface area (Å²) in [6.45, 7) is -0.819. The van der Waals surface area contributed by atoms with Gasteiger partial charge in [-0.1, -0.05) is 12.1 Å². The summed E-state index contributed by atoms with van der Waals surface area (Å²) in [6, 6.07) is 8.99. The molecule has 4 rings (SSSR count). The van der Waals surface area contributed by atoms with E-state index in [-0.39, 0.29) is 28.7 Å². The maximum absolute atomic E-state index is 13.3. The van der Waals surface area contributed by atoms with Gasteiger partial charge in [-0.2, -0.15) is 4.39 Å². The number of aromatic hydroxyl groups is 1. The minimum Gasteiger partial charge on any atom is -0.507 e. The maximum atomic E-state index is 13.3. The van der Waals surface area contributed by atoms with Crippen molar-refractivity contribution in [1.82, 2.24) is 19.9 Å². The van der Waals surface area contributed by atoms with E-state index >= 15 is 0 Å². The average molecular weight is 410 g/mol. The van der Waals surface area contributed by atoms with Gasteiger partial charge in [-0.3, -0.25) is 14.7 Å². The molecule has 152 valence electrons. The molecule has 2 aromatic heterocycles. The summed E-state index contributed by atoms with van der Waals surface area (Å²) < 4.78 is 26.4. The molecule has 3 aromatic rings. The van der Waals surface area contributed by atoms with Gasteiger partial charge in [0.2, 0.25) is 5.54 Å². The molecule has 3 heterocycles. The smallest absolute Gasteiger partial charge is 0.308 e. The van der Waals surface area contributed by atoms with E-state index in [0.717, 1.165) is 0 Å². The van der Waals surface area contributed by atoms with Crippen LogP contribution in [0.4, 0.5) is 8.78 Å². The van der Waals surface area contributed by atoms with Crippen LogP contribution in [0.15, 0.2) is 53.8 Å². The molecule has 1 aliphatic heterocycles. The summed E-state index contributed by atoms with van der Waals surface area (Å²) in [4.78, 5) is 30.1. The normalized spacial score (nSPS) is 18.6. The van der Waals surface area contributed by atoms with Crippen molar-refractivity contribution in [2.75, 3.05) is 7.05 Å². The first-order valence-corrected chi connectivity index (χ1v) is 8.84. The summed E-state index contributed by atoms with van der Waals surface area (Å²) in [6.07, 6.45) is 1.49. The topological polar surface area (TPSA) is 118 Å². The van der Waals surface area contributed by atoms with Crippen molar-refractivity contribution in [2.24, 2.45) is 10.7 Å². The summed E-state index contributed by atoms with van der Waals surface area (Å²) in [5, 5.41) is 10.3. The van der Waals surface area contributed by atoms with Crippen LogP contribution < -0.4 is 5.73 Å². The highest BCUT2D eigenvalue weighted by Crippen LogP contribution is 2.41. The van der Waals surface area contributed by atoms with Gasteiger partial charge >= 0.3 is 6.08 Å². The molecule has 1 unspecified atom stereocenters. The second-order valence-electron chi connectivity index (χ2n) is 6.67. The second kappa shape index (κ2) is 7.14. The minimum absolute atomic E-state index is 0.0350. The van der Waals surface area contributed by atoms with Crippen molar-refractivity contribution < 1.29 is 18.7 Å². The molecular formula is C20H16F2N6O2. The lowest BCUT2D eigenvalue weighted by molar-refractivity contribution is -0.129.